The van der Waals surface area contributed by atoms with E-state index in [1.54, 1.807) is 6.07 Å². The Morgan fingerprint density at radius 3 is 2.69 bits per heavy atom. The Kier molecular flexibility index (Phi) is 5.80. The molecule has 4 nitrogen and oxygen atoms in total. The van der Waals surface area contributed by atoms with Crippen LogP contribution in [-0.4, -0.2) is 17.5 Å². The fraction of sp³-hybridized carbons (Fsp3) is 0.111. The van der Waals surface area contributed by atoms with Crippen LogP contribution in [-0.2, 0) is 11.2 Å². The molecule has 0 aliphatic carbocycles. The number of thiazole rings is 1. The van der Waals surface area contributed by atoms with E-state index in [1.165, 1.54) is 35.6 Å². The maximum Gasteiger partial charge on any atom is 0.387 e. The fourth-order valence-electron chi connectivity index (χ4n) is 2.23. The molecule has 1 heterocycles. The van der Waals surface area contributed by atoms with E-state index in [1.807, 2.05) is 23.6 Å². The van der Waals surface area contributed by atoms with Gasteiger partial charge < -0.3 is 10.1 Å². The number of alkyl halides is 2. The second-order valence-electron chi connectivity index (χ2n) is 5.28. The molecule has 0 aliphatic rings. The van der Waals surface area contributed by atoms with Crippen LogP contribution in [0.2, 0.25) is 5.02 Å². The number of carbonyl (C=O) groups excluding carboxylic acids is 1. The number of amides is 1. The topological polar surface area (TPSA) is 51.2 Å². The van der Waals surface area contributed by atoms with Gasteiger partial charge in [0.1, 0.15) is 10.8 Å². The average Bonchev–Trinajstić information content (AvgIpc) is 3.04. The van der Waals surface area contributed by atoms with E-state index in [-0.39, 0.29) is 18.1 Å². The zero-order valence-electron chi connectivity index (χ0n) is 13.3. The molecule has 1 N–H and O–H groups in total. The Morgan fingerprint density at radius 2 is 2.00 bits per heavy atom. The summed E-state index contributed by atoms with van der Waals surface area (Å²) in [6.07, 6.45) is 0.104. The van der Waals surface area contributed by atoms with E-state index in [0.29, 0.717) is 16.4 Å². The summed E-state index contributed by atoms with van der Waals surface area (Å²) in [6, 6.07) is 13.0. The molecule has 0 radical (unpaired) electrons. The quantitative estimate of drug-likeness (QED) is 0.621. The summed E-state index contributed by atoms with van der Waals surface area (Å²) in [6.45, 7) is -2.88. The first-order valence-corrected chi connectivity index (χ1v) is 8.80. The van der Waals surface area contributed by atoms with E-state index >= 15 is 0 Å². The molecule has 134 valence electrons. The maximum absolute atomic E-state index is 12.1. The van der Waals surface area contributed by atoms with Crippen molar-refractivity contribution in [2.45, 2.75) is 13.0 Å². The maximum atomic E-state index is 12.1. The van der Waals surface area contributed by atoms with Crippen LogP contribution in [0.25, 0.3) is 10.6 Å². The summed E-state index contributed by atoms with van der Waals surface area (Å²) in [5, 5.41) is 5.91. The van der Waals surface area contributed by atoms with Crippen LogP contribution < -0.4 is 10.1 Å². The molecule has 0 saturated carbocycles. The van der Waals surface area contributed by atoms with E-state index in [4.69, 9.17) is 11.6 Å². The van der Waals surface area contributed by atoms with Crippen molar-refractivity contribution in [1.29, 1.82) is 0 Å². The van der Waals surface area contributed by atoms with Crippen molar-refractivity contribution in [3.8, 4) is 16.3 Å². The van der Waals surface area contributed by atoms with Crippen LogP contribution in [0.1, 0.15) is 5.69 Å². The van der Waals surface area contributed by atoms with Crippen molar-refractivity contribution >= 4 is 34.5 Å². The lowest BCUT2D eigenvalue weighted by atomic mass is 10.2. The number of anilines is 1. The molecular weight excluding hydrogens is 382 g/mol. The lowest BCUT2D eigenvalue weighted by Crippen LogP contribution is -2.14. The summed E-state index contributed by atoms with van der Waals surface area (Å²) < 4.78 is 28.5. The first-order valence-electron chi connectivity index (χ1n) is 7.54. The fourth-order valence-corrected chi connectivity index (χ4v) is 3.24. The van der Waals surface area contributed by atoms with Crippen LogP contribution in [0, 0.1) is 0 Å². The minimum atomic E-state index is -2.88. The smallest absolute Gasteiger partial charge is 0.387 e. The number of halogens is 3. The van der Waals surface area contributed by atoms with Crippen molar-refractivity contribution in [2.24, 2.45) is 0 Å². The van der Waals surface area contributed by atoms with E-state index in [2.05, 4.69) is 15.0 Å². The van der Waals surface area contributed by atoms with Gasteiger partial charge in [-0.1, -0.05) is 23.7 Å². The monoisotopic (exact) mass is 394 g/mol. The highest BCUT2D eigenvalue weighted by Crippen LogP contribution is 2.26. The number of hydrogen-bond acceptors (Lipinski definition) is 4. The second-order valence-corrected chi connectivity index (χ2v) is 6.58. The molecule has 0 spiro atoms. The number of hydrogen-bond donors (Lipinski definition) is 1. The van der Waals surface area contributed by atoms with Gasteiger partial charge in [0, 0.05) is 21.7 Å². The predicted octanol–water partition coefficient (Wildman–Crippen LogP) is 5.25. The first-order chi connectivity index (χ1) is 12.5. The highest BCUT2D eigenvalue weighted by molar-refractivity contribution is 7.13. The lowest BCUT2D eigenvalue weighted by Gasteiger charge is -2.07. The minimum absolute atomic E-state index is 0.0312. The molecule has 26 heavy (non-hydrogen) atoms. The summed E-state index contributed by atoms with van der Waals surface area (Å²) in [7, 11) is 0. The van der Waals surface area contributed by atoms with Crippen LogP contribution >= 0.6 is 22.9 Å². The number of rotatable bonds is 6. The van der Waals surface area contributed by atoms with E-state index in [0.717, 1.165) is 10.6 Å². The predicted molar refractivity (Wildman–Crippen MR) is 98.0 cm³/mol. The summed E-state index contributed by atoms with van der Waals surface area (Å²) in [5.74, 6) is -0.223. The van der Waals surface area contributed by atoms with Gasteiger partial charge in [0.05, 0.1) is 12.1 Å². The minimum Gasteiger partial charge on any atom is -0.435 e. The van der Waals surface area contributed by atoms with Gasteiger partial charge in [-0.25, -0.2) is 4.98 Å². The molecule has 2 aromatic carbocycles. The Morgan fingerprint density at radius 1 is 1.23 bits per heavy atom. The Bertz CT molecular complexity index is 900. The molecule has 0 aliphatic heterocycles. The molecule has 8 heteroatoms. The lowest BCUT2D eigenvalue weighted by molar-refractivity contribution is -0.115. The van der Waals surface area contributed by atoms with Gasteiger partial charge in [-0.05, 0) is 36.4 Å². The number of benzene rings is 2. The first kappa shape index (κ1) is 18.3. The van der Waals surface area contributed by atoms with Crippen molar-refractivity contribution in [3.05, 3.63) is 64.6 Å². The van der Waals surface area contributed by atoms with Gasteiger partial charge >= 0.3 is 6.61 Å². The van der Waals surface area contributed by atoms with E-state index in [9.17, 15) is 13.6 Å². The molecule has 3 rings (SSSR count). The number of aromatic nitrogens is 1. The van der Waals surface area contributed by atoms with Crippen molar-refractivity contribution < 1.29 is 18.3 Å². The molecule has 0 unspecified atom stereocenters. The number of nitrogens with zero attached hydrogens (tertiary/aromatic N) is 1. The van der Waals surface area contributed by atoms with Gasteiger partial charge in [0.2, 0.25) is 5.91 Å². The van der Waals surface area contributed by atoms with Crippen molar-refractivity contribution in [2.75, 3.05) is 5.32 Å². The standard InChI is InChI=1S/C18H13ClF2N2O2S/c19-12-3-1-2-11(8-12)17-23-14(10-26-17)9-16(24)22-13-4-6-15(7-5-13)25-18(20)21/h1-8,10,18H,9H2,(H,22,24). The van der Waals surface area contributed by atoms with Crippen LogP contribution in [0.15, 0.2) is 53.9 Å². The highest BCUT2D eigenvalue weighted by Gasteiger charge is 2.10. The average molecular weight is 395 g/mol. The van der Waals surface area contributed by atoms with Crippen molar-refractivity contribution in [1.82, 2.24) is 4.98 Å². The Hall–Kier alpha value is -2.51. The van der Waals surface area contributed by atoms with E-state index < -0.39 is 6.61 Å². The third kappa shape index (κ3) is 5.00. The number of carbonyl (C=O) groups is 1. The molecule has 0 bridgehead atoms. The Labute approximate surface area is 157 Å². The molecule has 3 aromatic rings. The zero-order chi connectivity index (χ0) is 18.5. The second kappa shape index (κ2) is 8.25. The molecular formula is C18H13ClF2N2O2S. The molecule has 1 amide bonds. The normalized spacial score (nSPS) is 10.8. The Balaban J connectivity index is 1.60. The third-order valence-corrected chi connectivity index (χ3v) is 4.50. The zero-order valence-corrected chi connectivity index (χ0v) is 14.9. The largest absolute Gasteiger partial charge is 0.435 e. The summed E-state index contributed by atoms with van der Waals surface area (Å²) >= 11 is 7.41. The van der Waals surface area contributed by atoms with Gasteiger partial charge in [0.25, 0.3) is 0 Å². The number of ether oxygens (including phenoxy) is 1. The third-order valence-electron chi connectivity index (χ3n) is 3.33. The van der Waals surface area contributed by atoms with Gasteiger partial charge in [-0.3, -0.25) is 4.79 Å². The van der Waals surface area contributed by atoms with Crippen LogP contribution in [0.5, 0.6) is 5.75 Å². The van der Waals surface area contributed by atoms with Gasteiger partial charge in [-0.2, -0.15) is 8.78 Å². The molecule has 0 saturated heterocycles. The van der Waals surface area contributed by atoms with Gasteiger partial charge in [0.15, 0.2) is 0 Å². The molecule has 1 aromatic heterocycles. The van der Waals surface area contributed by atoms with Crippen LogP contribution in [0.3, 0.4) is 0 Å². The highest BCUT2D eigenvalue weighted by atomic mass is 35.5. The number of nitrogens with one attached hydrogen (secondary N) is 1. The molecule has 0 atom stereocenters. The summed E-state index contributed by atoms with van der Waals surface area (Å²) in [5.41, 5.74) is 2.02. The molecule has 0 fully saturated rings. The van der Waals surface area contributed by atoms with Gasteiger partial charge in [-0.15, -0.1) is 11.3 Å². The SMILES string of the molecule is O=C(Cc1csc(-c2cccc(Cl)c2)n1)Nc1ccc(OC(F)F)cc1. The van der Waals surface area contributed by atoms with Crippen LogP contribution in [0.4, 0.5) is 14.5 Å². The van der Waals surface area contributed by atoms with Crippen molar-refractivity contribution in [3.63, 3.8) is 0 Å². The summed E-state index contributed by atoms with van der Waals surface area (Å²) in [4.78, 5) is 16.6.